The van der Waals surface area contributed by atoms with Crippen molar-refractivity contribution in [3.8, 4) is 31.3 Å². The Bertz CT molecular complexity index is 1080. The molecule has 136 valence electrons. The van der Waals surface area contributed by atoms with Crippen LogP contribution in [0.4, 0.5) is 22.0 Å². The van der Waals surface area contributed by atoms with Crippen LogP contribution < -0.4 is 0 Å². The third-order valence-electron chi connectivity index (χ3n) is 4.04. The zero-order valence-corrected chi connectivity index (χ0v) is 15.0. The topological polar surface area (TPSA) is 0 Å². The molecule has 0 bridgehead atoms. The Hall–Kier alpha value is -2.51. The fourth-order valence-electron chi connectivity index (χ4n) is 2.69. The highest BCUT2D eigenvalue weighted by Crippen LogP contribution is 2.39. The van der Waals surface area contributed by atoms with Crippen LogP contribution in [0.3, 0.4) is 0 Å². The molecule has 7 heteroatoms. The lowest BCUT2D eigenvalue weighted by molar-refractivity contribution is 0.381. The highest BCUT2D eigenvalue weighted by molar-refractivity contribution is 7.18. The number of hydrogen-bond donors (Lipinski definition) is 0. The Labute approximate surface area is 159 Å². The van der Waals surface area contributed by atoms with E-state index in [2.05, 4.69) is 0 Å². The fourth-order valence-corrected chi connectivity index (χ4v) is 4.47. The van der Waals surface area contributed by atoms with E-state index in [-0.39, 0.29) is 4.88 Å². The van der Waals surface area contributed by atoms with Crippen molar-refractivity contribution >= 4 is 22.7 Å². The first-order valence-electron chi connectivity index (χ1n) is 7.73. The summed E-state index contributed by atoms with van der Waals surface area (Å²) in [5.74, 6) is -9.70. The minimum Gasteiger partial charge on any atom is -0.203 e. The molecule has 0 atom stereocenters. The van der Waals surface area contributed by atoms with Crippen LogP contribution in [0.25, 0.3) is 31.3 Å². The van der Waals surface area contributed by atoms with Gasteiger partial charge in [-0.05, 0) is 34.7 Å². The van der Waals surface area contributed by atoms with Crippen LogP contribution >= 0.6 is 22.7 Å². The molecule has 4 aromatic rings. The van der Waals surface area contributed by atoms with E-state index in [0.717, 1.165) is 27.3 Å². The van der Waals surface area contributed by atoms with E-state index in [1.54, 1.807) is 17.4 Å². The standard InChI is InChI=1S/C20H9F5S2/c21-16-15(17(22)19(24)20(25)18(16)23)14-8-7-13(27-14)11-5-3-10(4-6-11)12-2-1-9-26-12/h1-9H. The molecule has 0 saturated carbocycles. The lowest BCUT2D eigenvalue weighted by Crippen LogP contribution is -2.03. The Morgan fingerprint density at radius 3 is 1.59 bits per heavy atom. The average molecular weight is 408 g/mol. The molecule has 0 nitrogen and oxygen atoms in total. The summed E-state index contributed by atoms with van der Waals surface area (Å²) < 4.78 is 68.1. The summed E-state index contributed by atoms with van der Waals surface area (Å²) >= 11 is 2.56. The van der Waals surface area contributed by atoms with E-state index in [1.165, 1.54) is 6.07 Å². The van der Waals surface area contributed by atoms with Crippen molar-refractivity contribution in [3.05, 3.63) is 83.0 Å². The van der Waals surface area contributed by atoms with Gasteiger partial charge in [0, 0.05) is 14.6 Å². The molecule has 0 aliphatic heterocycles. The second kappa shape index (κ2) is 6.90. The second-order valence-electron chi connectivity index (χ2n) is 5.66. The normalized spacial score (nSPS) is 11.1. The molecule has 2 heterocycles. The number of halogens is 5. The van der Waals surface area contributed by atoms with Crippen molar-refractivity contribution in [2.75, 3.05) is 0 Å². The highest BCUT2D eigenvalue weighted by Gasteiger charge is 2.27. The minimum atomic E-state index is -2.16. The SMILES string of the molecule is Fc1c(F)c(F)c(-c2ccc(-c3ccc(-c4cccs4)cc3)s2)c(F)c1F. The summed E-state index contributed by atoms with van der Waals surface area (Å²) in [7, 11) is 0. The minimum absolute atomic E-state index is 0.0277. The first-order chi connectivity index (χ1) is 13.0. The molecule has 0 aliphatic rings. The van der Waals surface area contributed by atoms with Gasteiger partial charge in [-0.2, -0.15) is 0 Å². The first kappa shape index (κ1) is 17.9. The van der Waals surface area contributed by atoms with Gasteiger partial charge in [0.2, 0.25) is 5.82 Å². The van der Waals surface area contributed by atoms with Gasteiger partial charge in [0.15, 0.2) is 23.3 Å². The highest BCUT2D eigenvalue weighted by atomic mass is 32.1. The quantitative estimate of drug-likeness (QED) is 0.187. The second-order valence-corrected chi connectivity index (χ2v) is 7.69. The molecular weight excluding hydrogens is 399 g/mol. The van der Waals surface area contributed by atoms with Crippen molar-refractivity contribution in [2.24, 2.45) is 0 Å². The Morgan fingerprint density at radius 1 is 0.519 bits per heavy atom. The smallest absolute Gasteiger partial charge is 0.200 e. The van der Waals surface area contributed by atoms with Crippen molar-refractivity contribution in [1.82, 2.24) is 0 Å². The van der Waals surface area contributed by atoms with Gasteiger partial charge >= 0.3 is 0 Å². The van der Waals surface area contributed by atoms with Gasteiger partial charge in [0.05, 0.1) is 5.56 Å². The molecule has 27 heavy (non-hydrogen) atoms. The van der Waals surface area contributed by atoms with Crippen LogP contribution in [-0.2, 0) is 0 Å². The third kappa shape index (κ3) is 3.07. The Morgan fingerprint density at radius 2 is 1.04 bits per heavy atom. The van der Waals surface area contributed by atoms with E-state index in [4.69, 9.17) is 0 Å². The predicted molar refractivity (Wildman–Crippen MR) is 98.3 cm³/mol. The molecular formula is C20H9F5S2. The molecule has 0 amide bonds. The maximum Gasteiger partial charge on any atom is 0.200 e. The van der Waals surface area contributed by atoms with Gasteiger partial charge in [0.25, 0.3) is 0 Å². The van der Waals surface area contributed by atoms with Crippen LogP contribution in [0, 0.1) is 29.1 Å². The zero-order chi connectivity index (χ0) is 19.1. The molecule has 0 aliphatic carbocycles. The summed E-state index contributed by atoms with van der Waals surface area (Å²) in [5, 5.41) is 1.97. The Balaban J connectivity index is 1.73. The number of thiophene rings is 2. The van der Waals surface area contributed by atoms with Crippen molar-refractivity contribution < 1.29 is 22.0 Å². The van der Waals surface area contributed by atoms with E-state index >= 15 is 0 Å². The number of hydrogen-bond acceptors (Lipinski definition) is 2. The van der Waals surface area contributed by atoms with E-state index in [9.17, 15) is 22.0 Å². The summed E-state index contributed by atoms with van der Waals surface area (Å²) in [5.41, 5.74) is 0.915. The third-order valence-corrected chi connectivity index (χ3v) is 6.11. The zero-order valence-electron chi connectivity index (χ0n) is 13.4. The molecule has 4 rings (SSSR count). The molecule has 0 N–H and O–H groups in total. The summed E-state index contributed by atoms with van der Waals surface area (Å²) in [4.78, 5) is 1.74. The van der Waals surface area contributed by atoms with E-state index in [1.807, 2.05) is 41.8 Å². The largest absolute Gasteiger partial charge is 0.203 e. The molecule has 0 unspecified atom stereocenters. The monoisotopic (exact) mass is 408 g/mol. The average Bonchev–Trinajstić information content (AvgIpc) is 3.37. The van der Waals surface area contributed by atoms with Gasteiger partial charge in [-0.3, -0.25) is 0 Å². The van der Waals surface area contributed by atoms with Crippen LogP contribution in [-0.4, -0.2) is 0 Å². The Kier molecular flexibility index (Phi) is 4.57. The van der Waals surface area contributed by atoms with Crippen LogP contribution in [0.15, 0.2) is 53.9 Å². The summed E-state index contributed by atoms with van der Waals surface area (Å²) in [6.45, 7) is 0. The first-order valence-corrected chi connectivity index (χ1v) is 9.43. The number of benzene rings is 2. The molecule has 2 aromatic carbocycles. The van der Waals surface area contributed by atoms with Gasteiger partial charge in [-0.15, -0.1) is 22.7 Å². The van der Waals surface area contributed by atoms with Crippen LogP contribution in [0.2, 0.25) is 0 Å². The maximum absolute atomic E-state index is 14.0. The fraction of sp³-hybridized carbons (Fsp3) is 0. The lowest BCUT2D eigenvalue weighted by Gasteiger charge is -2.06. The maximum atomic E-state index is 14.0. The molecule has 0 fully saturated rings. The number of rotatable bonds is 3. The van der Waals surface area contributed by atoms with E-state index in [0.29, 0.717) is 4.88 Å². The molecule has 0 radical (unpaired) electrons. The van der Waals surface area contributed by atoms with Crippen molar-refractivity contribution in [2.45, 2.75) is 0 Å². The van der Waals surface area contributed by atoms with Gasteiger partial charge < -0.3 is 0 Å². The van der Waals surface area contributed by atoms with Crippen molar-refractivity contribution in [3.63, 3.8) is 0 Å². The van der Waals surface area contributed by atoms with Gasteiger partial charge in [0.1, 0.15) is 0 Å². The lowest BCUT2D eigenvalue weighted by atomic mass is 10.1. The molecule has 2 aromatic heterocycles. The van der Waals surface area contributed by atoms with Gasteiger partial charge in [-0.25, -0.2) is 22.0 Å². The molecule has 0 spiro atoms. The summed E-state index contributed by atoms with van der Waals surface area (Å²) in [6, 6.07) is 14.4. The van der Waals surface area contributed by atoms with Crippen molar-refractivity contribution in [1.29, 1.82) is 0 Å². The predicted octanol–water partition coefficient (Wildman–Crippen LogP) is 7.51. The van der Waals surface area contributed by atoms with E-state index < -0.39 is 34.6 Å². The molecule has 0 saturated heterocycles. The van der Waals surface area contributed by atoms with Crippen LogP contribution in [0.1, 0.15) is 0 Å². The van der Waals surface area contributed by atoms with Gasteiger partial charge in [-0.1, -0.05) is 30.3 Å². The van der Waals surface area contributed by atoms with Crippen LogP contribution in [0.5, 0.6) is 0 Å². The summed E-state index contributed by atoms with van der Waals surface area (Å²) in [6.07, 6.45) is 0.